The van der Waals surface area contributed by atoms with E-state index >= 15 is 0 Å². The molecule has 0 aromatic rings. The number of carboxylic acid groups (broad SMARTS) is 1. The third-order valence-electron chi connectivity index (χ3n) is 3.92. The predicted octanol–water partition coefficient (Wildman–Crippen LogP) is 6.35. The molecule has 0 spiro atoms. The molecular weight excluding hydrogens is 563 g/mol. The molecule has 0 radical (unpaired) electrons. The topological polar surface area (TPSA) is 37.3 Å². The van der Waals surface area contributed by atoms with Gasteiger partial charge in [-0.2, -0.15) is 83.4 Å². The van der Waals surface area contributed by atoms with Crippen molar-refractivity contribution in [3.63, 3.8) is 0 Å². The van der Waals surface area contributed by atoms with Crippen molar-refractivity contribution < 1.29 is 102 Å². The maximum Gasteiger partial charge on any atom is 0.460 e. The Kier molecular flexibility index (Phi) is 7.06. The van der Waals surface area contributed by atoms with Crippen molar-refractivity contribution in [2.75, 3.05) is 0 Å². The third kappa shape index (κ3) is 3.49. The van der Waals surface area contributed by atoms with Crippen molar-refractivity contribution >= 4 is 5.97 Å². The highest BCUT2D eigenvalue weighted by molar-refractivity contribution is 5.82. The molecule has 0 amide bonds. The van der Waals surface area contributed by atoms with E-state index in [1.807, 2.05) is 0 Å². The molecule has 0 aliphatic carbocycles. The maximum absolute atomic E-state index is 14.0. The standard InChI is InChI=1S/C11HF21O2/c12-2(1(33)34,3(13,9(24,25)26)10(27,28)29)4(14,15)5(16,17)6(18,19)7(20,21)8(22,23)11(30,31)32/h(H,33,34). The van der Waals surface area contributed by atoms with Crippen LogP contribution < -0.4 is 0 Å². The molecular formula is C11HF21O2. The van der Waals surface area contributed by atoms with Gasteiger partial charge in [-0.15, -0.1) is 0 Å². The zero-order valence-corrected chi connectivity index (χ0v) is 14.3. The van der Waals surface area contributed by atoms with E-state index in [2.05, 4.69) is 0 Å². The second-order valence-corrected chi connectivity index (χ2v) is 5.99. The molecule has 34 heavy (non-hydrogen) atoms. The quantitative estimate of drug-likeness (QED) is 0.366. The van der Waals surface area contributed by atoms with E-state index in [-0.39, 0.29) is 0 Å². The van der Waals surface area contributed by atoms with Crippen LogP contribution in [0.15, 0.2) is 0 Å². The van der Waals surface area contributed by atoms with Gasteiger partial charge in [-0.3, -0.25) is 0 Å². The predicted molar refractivity (Wildman–Crippen MR) is 58.2 cm³/mol. The summed E-state index contributed by atoms with van der Waals surface area (Å²) in [6.07, 6.45) is -25.0. The molecule has 1 atom stereocenters. The summed E-state index contributed by atoms with van der Waals surface area (Å²) < 4.78 is 270. The van der Waals surface area contributed by atoms with Crippen LogP contribution in [0.2, 0.25) is 0 Å². The van der Waals surface area contributed by atoms with Crippen molar-refractivity contribution in [3.05, 3.63) is 0 Å². The van der Waals surface area contributed by atoms with E-state index in [0.29, 0.717) is 0 Å². The Bertz CT molecular complexity index is 770. The number of carbonyl (C=O) groups is 1. The largest absolute Gasteiger partial charge is 0.479 e. The molecule has 0 heterocycles. The number of carboxylic acids is 1. The lowest BCUT2D eigenvalue weighted by Gasteiger charge is -2.46. The minimum atomic E-state index is -9.33. The molecule has 1 N–H and O–H groups in total. The van der Waals surface area contributed by atoms with Crippen molar-refractivity contribution in [3.8, 4) is 0 Å². The minimum absolute atomic E-state index is 5.39. The molecule has 0 aromatic heterocycles. The normalized spacial score (nSPS) is 18.0. The molecule has 0 saturated carbocycles. The van der Waals surface area contributed by atoms with Gasteiger partial charge < -0.3 is 5.11 Å². The van der Waals surface area contributed by atoms with E-state index in [4.69, 9.17) is 5.11 Å². The molecule has 0 saturated heterocycles. The van der Waals surface area contributed by atoms with Crippen LogP contribution in [-0.4, -0.2) is 70.6 Å². The van der Waals surface area contributed by atoms with E-state index in [1.165, 1.54) is 0 Å². The second kappa shape index (κ2) is 7.50. The Morgan fingerprint density at radius 2 is 0.618 bits per heavy atom. The summed E-state index contributed by atoms with van der Waals surface area (Å²) >= 11 is 0. The Hall–Kier alpha value is -2.00. The summed E-state index contributed by atoms with van der Waals surface area (Å²) in [6.45, 7) is 0. The van der Waals surface area contributed by atoms with Crippen molar-refractivity contribution in [1.29, 1.82) is 0 Å². The molecule has 0 aromatic carbocycles. The molecule has 0 fully saturated rings. The van der Waals surface area contributed by atoms with Gasteiger partial charge in [0.1, 0.15) is 0 Å². The van der Waals surface area contributed by atoms with Crippen LogP contribution in [0.4, 0.5) is 92.2 Å². The SMILES string of the molecule is O=C(O)C(F)(C(F)(F)C(F)(F)C(F)(F)C(F)(F)C(F)(F)C(F)(F)F)C(F)(C(F)(F)F)C(F)(F)F. The minimum Gasteiger partial charge on any atom is -0.479 e. The van der Waals surface area contributed by atoms with Crippen molar-refractivity contribution in [1.82, 2.24) is 0 Å². The van der Waals surface area contributed by atoms with Gasteiger partial charge in [-0.05, 0) is 0 Å². The van der Waals surface area contributed by atoms with Gasteiger partial charge >= 0.3 is 65.4 Å². The van der Waals surface area contributed by atoms with E-state index in [9.17, 15) is 97.0 Å². The monoisotopic (exact) mass is 564 g/mol. The van der Waals surface area contributed by atoms with Crippen LogP contribution in [0.5, 0.6) is 0 Å². The fourth-order valence-electron chi connectivity index (χ4n) is 2.04. The summed E-state index contributed by atoms with van der Waals surface area (Å²) in [4.78, 5) is 10.4. The van der Waals surface area contributed by atoms with Crippen LogP contribution >= 0.6 is 0 Å². The summed E-state index contributed by atoms with van der Waals surface area (Å²) in [5.41, 5.74) is -17.7. The van der Waals surface area contributed by atoms with E-state index in [0.717, 1.165) is 0 Å². The van der Waals surface area contributed by atoms with Gasteiger partial charge in [0, 0.05) is 0 Å². The van der Waals surface area contributed by atoms with Crippen LogP contribution in [0.25, 0.3) is 0 Å². The van der Waals surface area contributed by atoms with Crippen LogP contribution in [-0.2, 0) is 4.79 Å². The number of hydrogen-bond acceptors (Lipinski definition) is 1. The molecule has 0 aliphatic heterocycles. The van der Waals surface area contributed by atoms with Gasteiger partial charge in [-0.25, -0.2) is 13.6 Å². The van der Waals surface area contributed by atoms with Crippen molar-refractivity contribution in [2.45, 2.75) is 59.5 Å². The first-order valence-corrected chi connectivity index (χ1v) is 6.90. The fourth-order valence-corrected chi connectivity index (χ4v) is 2.04. The summed E-state index contributed by atoms with van der Waals surface area (Å²) in [6, 6.07) is 0. The molecule has 0 aliphatic rings. The first-order chi connectivity index (χ1) is 14.2. The smallest absolute Gasteiger partial charge is 0.460 e. The van der Waals surface area contributed by atoms with Gasteiger partial charge in [-0.1, -0.05) is 0 Å². The van der Waals surface area contributed by atoms with Gasteiger partial charge in [0.25, 0.3) is 0 Å². The van der Waals surface area contributed by atoms with Crippen LogP contribution in [0.1, 0.15) is 0 Å². The Balaban J connectivity index is 7.61. The number of halogens is 21. The number of alkyl halides is 21. The van der Waals surface area contributed by atoms with Crippen LogP contribution in [0, 0.1) is 0 Å². The maximum atomic E-state index is 14.0. The number of rotatable bonds is 7. The lowest BCUT2D eigenvalue weighted by molar-refractivity contribution is -0.461. The number of hydrogen-bond donors (Lipinski definition) is 1. The molecule has 0 bridgehead atoms. The molecule has 23 heteroatoms. The first-order valence-electron chi connectivity index (χ1n) is 6.90. The average molecular weight is 564 g/mol. The lowest BCUT2D eigenvalue weighted by Crippen LogP contribution is -2.81. The molecule has 0 rings (SSSR count). The highest BCUT2D eigenvalue weighted by atomic mass is 19.4. The Labute approximate surface area is 169 Å². The first kappa shape index (κ1) is 32.0. The highest BCUT2D eigenvalue weighted by Gasteiger charge is 3.00. The summed E-state index contributed by atoms with van der Waals surface area (Å²) in [5, 5.41) is 7.96. The zero-order chi connectivity index (χ0) is 28.6. The lowest BCUT2D eigenvalue weighted by atomic mass is 9.75. The average Bonchev–Trinajstić information content (AvgIpc) is 2.55. The molecule has 204 valence electrons. The zero-order valence-electron chi connectivity index (χ0n) is 14.3. The Morgan fingerprint density at radius 3 is 0.824 bits per heavy atom. The summed E-state index contributed by atoms with van der Waals surface area (Å²) in [5.74, 6) is -50.7. The van der Waals surface area contributed by atoms with Crippen LogP contribution in [0.3, 0.4) is 0 Å². The van der Waals surface area contributed by atoms with Gasteiger partial charge in [0.2, 0.25) is 0 Å². The molecule has 2 nitrogen and oxygen atoms in total. The van der Waals surface area contributed by atoms with Crippen molar-refractivity contribution in [2.24, 2.45) is 0 Å². The van der Waals surface area contributed by atoms with Gasteiger partial charge in [0.05, 0.1) is 0 Å². The summed E-state index contributed by atoms with van der Waals surface area (Å²) in [7, 11) is 0. The highest BCUT2D eigenvalue weighted by Crippen LogP contribution is 2.66. The van der Waals surface area contributed by atoms with E-state index in [1.54, 1.807) is 0 Å². The van der Waals surface area contributed by atoms with E-state index < -0.39 is 65.4 Å². The molecule has 1 unspecified atom stereocenters. The third-order valence-corrected chi connectivity index (χ3v) is 3.92. The van der Waals surface area contributed by atoms with Gasteiger partial charge in [0.15, 0.2) is 0 Å². The fraction of sp³-hybridized carbons (Fsp3) is 0.909. The Morgan fingerprint density at radius 1 is 0.382 bits per heavy atom. The number of aliphatic carboxylic acids is 1. The second-order valence-electron chi connectivity index (χ2n) is 5.99.